The van der Waals surface area contributed by atoms with E-state index in [4.69, 9.17) is 5.73 Å². The number of hydrogen-bond donors (Lipinski definition) is 2. The SMILES string of the molecule is CC1c2ccsc2CCN1C(=O)c1cc(N)c[nH]1. The first-order chi connectivity index (χ1) is 8.66. The van der Waals surface area contributed by atoms with Crippen LogP contribution in [0.15, 0.2) is 23.7 Å². The highest BCUT2D eigenvalue weighted by Gasteiger charge is 2.29. The summed E-state index contributed by atoms with van der Waals surface area (Å²) in [5, 5.41) is 2.10. The lowest BCUT2D eigenvalue weighted by atomic mass is 10.0. The molecule has 94 valence electrons. The number of nitrogens with one attached hydrogen (secondary N) is 1. The van der Waals surface area contributed by atoms with Crippen LogP contribution in [0.25, 0.3) is 0 Å². The van der Waals surface area contributed by atoms with E-state index in [1.54, 1.807) is 23.6 Å². The van der Waals surface area contributed by atoms with E-state index in [0.717, 1.165) is 13.0 Å². The van der Waals surface area contributed by atoms with Crippen molar-refractivity contribution in [1.82, 2.24) is 9.88 Å². The molecule has 1 aliphatic rings. The molecule has 2 aromatic heterocycles. The van der Waals surface area contributed by atoms with Gasteiger partial charge in [0.05, 0.1) is 6.04 Å². The van der Waals surface area contributed by atoms with Crippen molar-refractivity contribution in [3.63, 3.8) is 0 Å². The van der Waals surface area contributed by atoms with Gasteiger partial charge in [-0.2, -0.15) is 0 Å². The molecule has 0 radical (unpaired) electrons. The van der Waals surface area contributed by atoms with Crippen LogP contribution in [0.5, 0.6) is 0 Å². The fourth-order valence-electron chi connectivity index (χ4n) is 2.48. The van der Waals surface area contributed by atoms with Crippen LogP contribution in [0.2, 0.25) is 0 Å². The van der Waals surface area contributed by atoms with E-state index in [0.29, 0.717) is 11.4 Å². The molecule has 4 nitrogen and oxygen atoms in total. The fraction of sp³-hybridized carbons (Fsp3) is 0.308. The van der Waals surface area contributed by atoms with E-state index < -0.39 is 0 Å². The zero-order valence-corrected chi connectivity index (χ0v) is 11.0. The second kappa shape index (κ2) is 4.17. The van der Waals surface area contributed by atoms with E-state index in [1.165, 1.54) is 10.4 Å². The lowest BCUT2D eigenvalue weighted by Gasteiger charge is -2.33. The average Bonchev–Trinajstić information content (AvgIpc) is 2.97. The van der Waals surface area contributed by atoms with Gasteiger partial charge in [-0.25, -0.2) is 0 Å². The Hall–Kier alpha value is -1.75. The van der Waals surface area contributed by atoms with Gasteiger partial charge in [0.2, 0.25) is 0 Å². The fourth-order valence-corrected chi connectivity index (χ4v) is 3.44. The highest BCUT2D eigenvalue weighted by atomic mass is 32.1. The maximum Gasteiger partial charge on any atom is 0.270 e. The maximum absolute atomic E-state index is 12.4. The number of nitrogens with two attached hydrogens (primary N) is 1. The van der Waals surface area contributed by atoms with Crippen LogP contribution in [0.1, 0.15) is 33.9 Å². The quantitative estimate of drug-likeness (QED) is 0.828. The van der Waals surface area contributed by atoms with E-state index in [1.807, 2.05) is 4.90 Å². The molecule has 0 spiro atoms. The van der Waals surface area contributed by atoms with Crippen LogP contribution in [-0.2, 0) is 6.42 Å². The molecule has 0 bridgehead atoms. The molecule has 1 unspecified atom stereocenters. The van der Waals surface area contributed by atoms with Gasteiger partial charge >= 0.3 is 0 Å². The molecule has 0 fully saturated rings. The number of carbonyl (C=O) groups is 1. The van der Waals surface area contributed by atoms with Crippen molar-refractivity contribution in [2.45, 2.75) is 19.4 Å². The Kier molecular flexibility index (Phi) is 2.63. The molecule has 18 heavy (non-hydrogen) atoms. The number of hydrogen-bond acceptors (Lipinski definition) is 3. The third-order valence-corrected chi connectivity index (χ3v) is 4.47. The predicted octanol–water partition coefficient (Wildman–Crippen LogP) is 2.42. The van der Waals surface area contributed by atoms with Gasteiger partial charge in [0.1, 0.15) is 5.69 Å². The molecule has 1 amide bonds. The zero-order valence-electron chi connectivity index (χ0n) is 10.1. The number of carbonyl (C=O) groups excluding carboxylic acids is 1. The molecule has 0 aliphatic carbocycles. The number of nitrogens with zero attached hydrogens (tertiary/aromatic N) is 1. The standard InChI is InChI=1S/C13H15N3OS/c1-8-10-3-5-18-12(10)2-4-16(8)13(17)11-6-9(14)7-15-11/h3,5-8,15H,2,4,14H2,1H3. The zero-order chi connectivity index (χ0) is 12.7. The lowest BCUT2D eigenvalue weighted by molar-refractivity contribution is 0.0674. The number of nitrogen functional groups attached to an aromatic ring is 1. The lowest BCUT2D eigenvalue weighted by Crippen LogP contribution is -2.38. The Morgan fingerprint density at radius 1 is 1.61 bits per heavy atom. The number of H-pyrrole nitrogens is 1. The molecule has 0 saturated heterocycles. The number of amides is 1. The number of thiophene rings is 1. The van der Waals surface area contributed by atoms with Crippen LogP contribution in [0.4, 0.5) is 5.69 Å². The van der Waals surface area contributed by atoms with Crippen molar-refractivity contribution in [1.29, 1.82) is 0 Å². The Labute approximate surface area is 109 Å². The number of rotatable bonds is 1. The summed E-state index contributed by atoms with van der Waals surface area (Å²) in [6.45, 7) is 2.85. The Morgan fingerprint density at radius 2 is 2.44 bits per heavy atom. The normalized spacial score (nSPS) is 18.7. The Bertz CT molecular complexity index is 587. The molecule has 1 aliphatic heterocycles. The van der Waals surface area contributed by atoms with Crippen molar-refractivity contribution in [3.8, 4) is 0 Å². The second-order valence-corrected chi connectivity index (χ2v) is 5.57. The number of anilines is 1. The van der Waals surface area contributed by atoms with Gasteiger partial charge in [0.15, 0.2) is 0 Å². The van der Waals surface area contributed by atoms with Gasteiger partial charge in [0, 0.05) is 23.3 Å². The summed E-state index contributed by atoms with van der Waals surface area (Å²) in [7, 11) is 0. The van der Waals surface area contributed by atoms with Crippen molar-refractivity contribution >= 4 is 22.9 Å². The summed E-state index contributed by atoms with van der Waals surface area (Å²) >= 11 is 1.78. The van der Waals surface area contributed by atoms with Crippen molar-refractivity contribution in [2.75, 3.05) is 12.3 Å². The Morgan fingerprint density at radius 3 is 3.17 bits per heavy atom. The third-order valence-electron chi connectivity index (χ3n) is 3.47. The van der Waals surface area contributed by atoms with Gasteiger partial charge < -0.3 is 15.6 Å². The third kappa shape index (κ3) is 1.71. The number of fused-ring (bicyclic) bond motifs is 1. The minimum Gasteiger partial charge on any atom is -0.397 e. The summed E-state index contributed by atoms with van der Waals surface area (Å²) in [5.74, 6) is 0.0241. The molecule has 5 heteroatoms. The molecular weight excluding hydrogens is 246 g/mol. The van der Waals surface area contributed by atoms with Gasteiger partial charge in [-0.1, -0.05) is 0 Å². The molecule has 0 saturated carbocycles. The van der Waals surface area contributed by atoms with E-state index in [9.17, 15) is 4.79 Å². The topological polar surface area (TPSA) is 62.1 Å². The van der Waals surface area contributed by atoms with Gasteiger partial charge in [-0.05, 0) is 36.4 Å². The van der Waals surface area contributed by atoms with Gasteiger partial charge in [-0.15, -0.1) is 11.3 Å². The molecule has 3 N–H and O–H groups in total. The summed E-state index contributed by atoms with van der Waals surface area (Å²) in [6.07, 6.45) is 2.59. The Balaban J connectivity index is 1.88. The van der Waals surface area contributed by atoms with Crippen molar-refractivity contribution < 1.29 is 4.79 Å². The minimum absolute atomic E-state index is 0.0241. The van der Waals surface area contributed by atoms with Crippen LogP contribution in [-0.4, -0.2) is 22.3 Å². The smallest absolute Gasteiger partial charge is 0.270 e. The molecule has 1 atom stereocenters. The first kappa shape index (κ1) is 11.3. The molecule has 0 aromatic carbocycles. The van der Waals surface area contributed by atoms with Crippen molar-refractivity contribution in [2.24, 2.45) is 0 Å². The minimum atomic E-state index is 0.0241. The van der Waals surface area contributed by atoms with E-state index >= 15 is 0 Å². The summed E-state index contributed by atoms with van der Waals surface area (Å²) in [6, 6.07) is 3.95. The van der Waals surface area contributed by atoms with Crippen molar-refractivity contribution in [3.05, 3.63) is 39.8 Å². The van der Waals surface area contributed by atoms with Gasteiger partial charge in [0.25, 0.3) is 5.91 Å². The predicted molar refractivity (Wildman–Crippen MR) is 72.7 cm³/mol. The molecular formula is C13H15N3OS. The first-order valence-electron chi connectivity index (χ1n) is 5.98. The number of aromatic nitrogens is 1. The van der Waals surface area contributed by atoms with E-state index in [2.05, 4.69) is 23.4 Å². The summed E-state index contributed by atoms with van der Waals surface area (Å²) < 4.78 is 0. The summed E-state index contributed by atoms with van der Waals surface area (Å²) in [4.78, 5) is 18.6. The highest BCUT2D eigenvalue weighted by molar-refractivity contribution is 7.10. The average molecular weight is 261 g/mol. The maximum atomic E-state index is 12.4. The van der Waals surface area contributed by atoms with Crippen LogP contribution in [0, 0.1) is 0 Å². The molecule has 2 aromatic rings. The van der Waals surface area contributed by atoms with E-state index in [-0.39, 0.29) is 11.9 Å². The van der Waals surface area contributed by atoms with Crippen LogP contribution in [0.3, 0.4) is 0 Å². The molecule has 3 heterocycles. The van der Waals surface area contributed by atoms with Crippen LogP contribution >= 0.6 is 11.3 Å². The highest BCUT2D eigenvalue weighted by Crippen LogP contribution is 2.33. The largest absolute Gasteiger partial charge is 0.397 e. The monoisotopic (exact) mass is 261 g/mol. The first-order valence-corrected chi connectivity index (χ1v) is 6.86. The summed E-state index contributed by atoms with van der Waals surface area (Å²) in [5.41, 5.74) is 8.08. The second-order valence-electron chi connectivity index (χ2n) is 4.57. The molecule has 3 rings (SSSR count). The van der Waals surface area contributed by atoms with Crippen LogP contribution < -0.4 is 5.73 Å². The number of aromatic amines is 1. The van der Waals surface area contributed by atoms with Gasteiger partial charge in [-0.3, -0.25) is 4.79 Å².